The Bertz CT molecular complexity index is 2910. The summed E-state index contributed by atoms with van der Waals surface area (Å²) in [5.74, 6) is -0.863. The van der Waals surface area contributed by atoms with Crippen LogP contribution < -0.4 is 0 Å². The summed E-state index contributed by atoms with van der Waals surface area (Å²) in [5.41, 5.74) is 6.34. The van der Waals surface area contributed by atoms with E-state index in [-0.39, 0.29) is 21.1 Å². The molecule has 0 atom stereocenters. The molecule has 0 aliphatic heterocycles. The molecule has 0 fully saturated rings. The number of aryl methyl sites for hydroxylation is 9. The second-order valence-corrected chi connectivity index (χ2v) is 26.5. The highest BCUT2D eigenvalue weighted by Gasteiger charge is 2.44. The first-order chi connectivity index (χ1) is 39.3. The Balaban J connectivity index is 0.000000494. The van der Waals surface area contributed by atoms with Gasteiger partial charge in [-0.15, -0.1) is 0 Å². The standard InChI is InChI=1S/C9H5ClF6.C9H11Cl.C8H8Cl2.C7H5Br2Cl.C7H5BrCl2.C7H5Cl3.2C7H5Cl2F/c1-4-2-5(10)3-6(8(11,12)13)7(4)9(14,15)16;1-6-4-9(10)5-7(2)8(6)3;1-5-3-7(9)4-8(10)6(5)2;1-4-2-5(10)3-6(8)7(4)9;1-4-2-5(9)3-6(10)7(4)8;1-4-2-5(8)3-6(9)7(4)10;1-4-2-5(8)3-6(10)7(4)9;1-4-2-5(8)3-6(9)7(4)10/h2-3H,1H3;4-5H,1-3H3;3-4H,1-2H3;5*2-3H,1H3. The van der Waals surface area contributed by atoms with Gasteiger partial charge in [-0.05, 0) is 282 Å². The zero-order valence-corrected chi connectivity index (χ0v) is 62.0. The first kappa shape index (κ1) is 82.7. The molecule has 0 heterocycles. The maximum atomic E-state index is 12.7. The second-order valence-electron chi connectivity index (χ2n) is 18.2. The maximum absolute atomic E-state index is 12.7. The fourth-order valence-corrected chi connectivity index (χ4v) is 11.4. The Morgan fingerprint density at radius 2 is 0.616 bits per heavy atom. The average molecular weight is 1670 g/mol. The van der Waals surface area contributed by atoms with Gasteiger partial charge in [0.1, 0.15) is 11.6 Å². The quantitative estimate of drug-likeness (QED) is 0.105. The van der Waals surface area contributed by atoms with Crippen molar-refractivity contribution in [3.8, 4) is 0 Å². The molecule has 0 amide bonds. The van der Waals surface area contributed by atoms with E-state index in [2.05, 4.69) is 68.6 Å². The lowest BCUT2D eigenvalue weighted by atomic mass is 10.0. The summed E-state index contributed by atoms with van der Waals surface area (Å²) in [6, 6.07) is 25.2. The minimum Gasteiger partial charge on any atom is -0.205 e. The van der Waals surface area contributed by atoms with Crippen molar-refractivity contribution >= 4 is 210 Å². The van der Waals surface area contributed by atoms with Crippen LogP contribution in [0.15, 0.2) is 110 Å². The summed E-state index contributed by atoms with van der Waals surface area (Å²) in [7, 11) is 0. The van der Waals surface area contributed by atoms with Crippen LogP contribution >= 0.6 is 210 Å². The average Bonchev–Trinajstić information content (AvgIpc) is 3.02. The topological polar surface area (TPSA) is 0 Å². The van der Waals surface area contributed by atoms with Crippen LogP contribution in [0, 0.1) is 87.8 Å². The first-order valence-electron chi connectivity index (χ1n) is 24.0. The van der Waals surface area contributed by atoms with E-state index in [4.69, 9.17) is 162 Å². The van der Waals surface area contributed by atoms with Gasteiger partial charge in [0.25, 0.3) is 0 Å². The van der Waals surface area contributed by atoms with Crippen LogP contribution in [0.2, 0.25) is 70.3 Å². The molecule has 25 heteroatoms. The number of hydrogen-bond acceptors (Lipinski definition) is 0. The molecule has 468 valence electrons. The van der Waals surface area contributed by atoms with E-state index >= 15 is 0 Å². The Hall–Kier alpha value is -1.30. The van der Waals surface area contributed by atoms with Gasteiger partial charge in [0.15, 0.2) is 0 Å². The Morgan fingerprint density at radius 1 is 0.291 bits per heavy atom. The van der Waals surface area contributed by atoms with Crippen LogP contribution in [0.25, 0.3) is 0 Å². The molecule has 0 unspecified atom stereocenters. The van der Waals surface area contributed by atoms with E-state index in [1.54, 1.807) is 44.2 Å². The summed E-state index contributed by atoms with van der Waals surface area (Å²) in [4.78, 5) is 0. The van der Waals surface area contributed by atoms with Crippen molar-refractivity contribution < 1.29 is 35.1 Å². The number of benzene rings is 8. The molecule has 0 bridgehead atoms. The van der Waals surface area contributed by atoms with Gasteiger partial charge in [0, 0.05) is 58.6 Å². The van der Waals surface area contributed by atoms with Crippen LogP contribution in [-0.2, 0) is 12.4 Å². The highest BCUT2D eigenvalue weighted by molar-refractivity contribution is 9.13. The Kier molecular flexibility index (Phi) is 36.6. The van der Waals surface area contributed by atoms with Crippen molar-refractivity contribution in [3.05, 3.63) is 265 Å². The molecule has 86 heavy (non-hydrogen) atoms. The van der Waals surface area contributed by atoms with Gasteiger partial charge in [-0.3, -0.25) is 0 Å². The molecule has 0 nitrogen and oxygen atoms in total. The van der Waals surface area contributed by atoms with E-state index in [1.165, 1.54) is 34.9 Å². The SMILES string of the molecule is Cc1cc(Cl)cc(Br)c1Br.Cc1cc(Cl)cc(C(F)(F)F)c1C(F)(F)F.Cc1cc(Cl)cc(C)c1C.Cc1cc(Cl)cc(Cl)c1Br.Cc1cc(Cl)cc(Cl)c1C.Cc1cc(Cl)cc(Cl)c1Cl.Cc1cc(Cl)cc(Cl)c1F.Cc1cc(Cl)cc(F)c1Cl. The van der Waals surface area contributed by atoms with Crippen LogP contribution in [0.3, 0.4) is 0 Å². The molecule has 0 saturated carbocycles. The molecular formula is C61H49Br3Cl14F8. The van der Waals surface area contributed by atoms with Gasteiger partial charge in [-0.25, -0.2) is 8.78 Å². The fraction of sp³-hybridized carbons (Fsp3) is 0.213. The molecule has 0 saturated heterocycles. The van der Waals surface area contributed by atoms with Gasteiger partial charge >= 0.3 is 12.4 Å². The Morgan fingerprint density at radius 3 is 1.01 bits per heavy atom. The minimum atomic E-state index is -5.08. The number of halogens is 25. The van der Waals surface area contributed by atoms with Gasteiger partial charge in [-0.1, -0.05) is 162 Å². The monoisotopic (exact) mass is 1660 g/mol. The summed E-state index contributed by atoms with van der Waals surface area (Å²) >= 11 is 89.3. The third-order valence-corrected chi connectivity index (χ3v) is 18.8. The first-order valence-corrected chi connectivity index (χ1v) is 31.6. The predicted molar refractivity (Wildman–Crippen MR) is 367 cm³/mol. The Labute approximate surface area is 592 Å². The van der Waals surface area contributed by atoms with Crippen molar-refractivity contribution in [2.24, 2.45) is 0 Å². The van der Waals surface area contributed by atoms with Crippen molar-refractivity contribution in [1.29, 1.82) is 0 Å². The molecule has 0 radical (unpaired) electrons. The van der Waals surface area contributed by atoms with Gasteiger partial charge in [-0.2, -0.15) is 26.3 Å². The van der Waals surface area contributed by atoms with Gasteiger partial charge < -0.3 is 0 Å². The van der Waals surface area contributed by atoms with Crippen molar-refractivity contribution in [1.82, 2.24) is 0 Å². The van der Waals surface area contributed by atoms with E-state index < -0.39 is 40.7 Å². The molecule has 0 aliphatic carbocycles. The van der Waals surface area contributed by atoms with E-state index in [9.17, 15) is 35.1 Å². The molecule has 0 spiro atoms. The summed E-state index contributed by atoms with van der Waals surface area (Å²) in [6.07, 6.45) is -10.1. The molecule has 0 aromatic heterocycles. The van der Waals surface area contributed by atoms with Crippen molar-refractivity contribution in [2.75, 3.05) is 0 Å². The van der Waals surface area contributed by atoms with Crippen LogP contribution in [-0.4, -0.2) is 0 Å². The van der Waals surface area contributed by atoms with E-state index in [0.29, 0.717) is 51.3 Å². The lowest BCUT2D eigenvalue weighted by Crippen LogP contribution is -2.18. The lowest BCUT2D eigenvalue weighted by Gasteiger charge is -2.17. The highest BCUT2D eigenvalue weighted by atomic mass is 79.9. The van der Waals surface area contributed by atoms with Crippen LogP contribution in [0.4, 0.5) is 35.1 Å². The number of rotatable bonds is 0. The third kappa shape index (κ3) is 28.7. The molecule has 0 aliphatic rings. The maximum Gasteiger partial charge on any atom is 0.417 e. The second kappa shape index (κ2) is 38.0. The summed E-state index contributed by atoms with van der Waals surface area (Å²) in [5, 5.41) is 6.74. The molecule has 8 aromatic carbocycles. The molecule has 0 N–H and O–H groups in total. The zero-order valence-electron chi connectivity index (χ0n) is 46.7. The summed E-state index contributed by atoms with van der Waals surface area (Å²) < 4.78 is 103. The molecular weight excluding hydrogens is 1620 g/mol. The number of hydrogen-bond donors (Lipinski definition) is 0. The molecule has 8 aromatic rings. The van der Waals surface area contributed by atoms with Crippen molar-refractivity contribution in [3.63, 3.8) is 0 Å². The smallest absolute Gasteiger partial charge is 0.205 e. The number of alkyl halides is 6. The van der Waals surface area contributed by atoms with Crippen molar-refractivity contribution in [2.45, 2.75) is 88.5 Å². The van der Waals surface area contributed by atoms with E-state index in [0.717, 1.165) is 69.3 Å². The van der Waals surface area contributed by atoms with E-state index in [1.807, 2.05) is 71.0 Å². The van der Waals surface area contributed by atoms with Crippen LogP contribution in [0.5, 0.6) is 0 Å². The third-order valence-electron chi connectivity index (χ3n) is 11.2. The predicted octanol–water partition coefficient (Wildman–Crippen LogP) is 30.6. The van der Waals surface area contributed by atoms with Gasteiger partial charge in [0.05, 0.1) is 36.2 Å². The normalized spacial score (nSPS) is 10.6. The highest BCUT2D eigenvalue weighted by Crippen LogP contribution is 2.43. The minimum absolute atomic E-state index is 0.0741. The molecule has 8 rings (SSSR count). The summed E-state index contributed by atoms with van der Waals surface area (Å²) in [6.45, 7) is 20.3. The van der Waals surface area contributed by atoms with Crippen LogP contribution in [0.1, 0.15) is 72.3 Å². The lowest BCUT2D eigenvalue weighted by molar-refractivity contribution is -0.162. The zero-order chi connectivity index (χ0) is 66.8. The van der Waals surface area contributed by atoms with Gasteiger partial charge in [0.2, 0.25) is 0 Å². The fourth-order valence-electron chi connectivity index (χ4n) is 6.52. The largest absolute Gasteiger partial charge is 0.417 e.